The van der Waals surface area contributed by atoms with Gasteiger partial charge in [0.15, 0.2) is 9.84 Å². The fourth-order valence-electron chi connectivity index (χ4n) is 3.04. The van der Waals surface area contributed by atoms with Crippen molar-refractivity contribution in [3.05, 3.63) is 40.9 Å². The molecule has 1 aromatic heterocycles. The highest BCUT2D eigenvalue weighted by Gasteiger charge is 2.17. The van der Waals surface area contributed by atoms with Crippen LogP contribution in [0, 0.1) is 24.7 Å². The molecule has 1 aromatic carbocycles. The highest BCUT2D eigenvalue weighted by molar-refractivity contribution is 7.93. The zero-order chi connectivity index (χ0) is 24.4. The van der Waals surface area contributed by atoms with E-state index in [1.165, 1.54) is 40.7 Å². The van der Waals surface area contributed by atoms with E-state index in [1.54, 1.807) is 23.1 Å². The van der Waals surface area contributed by atoms with E-state index in [0.29, 0.717) is 39.9 Å². The summed E-state index contributed by atoms with van der Waals surface area (Å²) >= 11 is 0. The molecule has 0 spiro atoms. The summed E-state index contributed by atoms with van der Waals surface area (Å²) in [6.45, 7) is 0.435. The van der Waals surface area contributed by atoms with Crippen LogP contribution in [-0.4, -0.2) is 54.9 Å². The lowest BCUT2D eigenvalue weighted by molar-refractivity contribution is 0.374. The molecule has 0 fully saturated rings. The normalized spacial score (nSPS) is 10.8. The number of pyridine rings is 1. The van der Waals surface area contributed by atoms with Crippen molar-refractivity contribution in [2.75, 3.05) is 46.4 Å². The number of sulfone groups is 1. The average Bonchev–Trinajstić information content (AvgIpc) is 2.81. The van der Waals surface area contributed by atoms with Crippen LogP contribution in [0.5, 0.6) is 23.1 Å². The topological polar surface area (TPSA) is 87.2 Å². The standard InChI is InChI=1S/C24H26N2O6S/c1-7-10-26(11-8-2)21-13-18(16-25-24(21)32-6)17-33(27,28)12-9-20-22(30-4)14-19(29-3)15-23(20)31-5/h1-2,9,12-16H,10-11,17H2,3-6H3. The molecule has 0 aliphatic rings. The van der Waals surface area contributed by atoms with Gasteiger partial charge in [-0.25, -0.2) is 13.4 Å². The van der Waals surface area contributed by atoms with Crippen LogP contribution < -0.4 is 23.8 Å². The first-order chi connectivity index (χ1) is 15.8. The highest BCUT2D eigenvalue weighted by Crippen LogP contribution is 2.35. The van der Waals surface area contributed by atoms with E-state index in [-0.39, 0.29) is 18.8 Å². The average molecular weight is 471 g/mol. The lowest BCUT2D eigenvalue weighted by atomic mass is 10.1. The fraction of sp³-hybridized carbons (Fsp3) is 0.292. The Kier molecular flexibility index (Phi) is 9.02. The molecule has 0 unspecified atom stereocenters. The number of hydrogen-bond donors (Lipinski definition) is 0. The molecule has 0 bridgehead atoms. The van der Waals surface area contributed by atoms with E-state index < -0.39 is 9.84 Å². The number of nitrogens with zero attached hydrogens (tertiary/aromatic N) is 2. The largest absolute Gasteiger partial charge is 0.496 e. The highest BCUT2D eigenvalue weighted by atomic mass is 32.2. The Balaban J connectivity index is 2.39. The third-order valence-electron chi connectivity index (χ3n) is 4.55. The fourth-order valence-corrected chi connectivity index (χ4v) is 4.10. The van der Waals surface area contributed by atoms with Crippen molar-refractivity contribution in [3.8, 4) is 47.8 Å². The zero-order valence-corrected chi connectivity index (χ0v) is 19.8. The molecule has 9 heteroatoms. The molecule has 0 N–H and O–H groups in total. The number of benzene rings is 1. The maximum Gasteiger partial charge on any atom is 0.237 e. The van der Waals surface area contributed by atoms with Crippen LogP contribution >= 0.6 is 0 Å². The molecule has 174 valence electrons. The van der Waals surface area contributed by atoms with Crippen molar-refractivity contribution in [2.45, 2.75) is 5.75 Å². The Bertz CT molecular complexity index is 1150. The van der Waals surface area contributed by atoms with Crippen LogP contribution in [0.15, 0.2) is 29.8 Å². The summed E-state index contributed by atoms with van der Waals surface area (Å²) in [5, 5.41) is 1.10. The first-order valence-corrected chi connectivity index (χ1v) is 11.4. The van der Waals surface area contributed by atoms with Gasteiger partial charge in [-0.2, -0.15) is 0 Å². The molecule has 0 saturated heterocycles. The minimum Gasteiger partial charge on any atom is -0.496 e. The van der Waals surface area contributed by atoms with Crippen molar-refractivity contribution in [2.24, 2.45) is 0 Å². The Morgan fingerprint density at radius 3 is 2.06 bits per heavy atom. The Hall–Kier alpha value is -3.82. The molecular formula is C24H26N2O6S. The molecule has 33 heavy (non-hydrogen) atoms. The molecular weight excluding hydrogens is 444 g/mol. The third kappa shape index (κ3) is 6.58. The third-order valence-corrected chi connectivity index (χ3v) is 5.84. The van der Waals surface area contributed by atoms with Crippen LogP contribution in [0.2, 0.25) is 0 Å². The maximum atomic E-state index is 12.9. The second-order valence-electron chi connectivity index (χ2n) is 6.69. The van der Waals surface area contributed by atoms with Gasteiger partial charge >= 0.3 is 0 Å². The van der Waals surface area contributed by atoms with E-state index in [4.69, 9.17) is 31.8 Å². The van der Waals surface area contributed by atoms with Gasteiger partial charge in [0.2, 0.25) is 5.88 Å². The number of aromatic nitrogens is 1. The van der Waals surface area contributed by atoms with E-state index >= 15 is 0 Å². The molecule has 0 saturated carbocycles. The van der Waals surface area contributed by atoms with E-state index in [2.05, 4.69) is 16.8 Å². The maximum absolute atomic E-state index is 12.9. The minimum absolute atomic E-state index is 0.218. The molecule has 0 atom stereocenters. The van der Waals surface area contributed by atoms with Crippen molar-refractivity contribution >= 4 is 21.6 Å². The lowest BCUT2D eigenvalue weighted by Gasteiger charge is -2.22. The second-order valence-corrected chi connectivity index (χ2v) is 8.58. The number of methoxy groups -OCH3 is 4. The van der Waals surface area contributed by atoms with Gasteiger partial charge < -0.3 is 23.8 Å². The number of rotatable bonds is 11. The monoisotopic (exact) mass is 470 g/mol. The molecule has 8 nitrogen and oxygen atoms in total. The van der Waals surface area contributed by atoms with Gasteiger partial charge in [-0.1, -0.05) is 11.8 Å². The predicted octanol–water partition coefficient (Wildman–Crippen LogP) is 2.77. The minimum atomic E-state index is -3.69. The number of hydrogen-bond acceptors (Lipinski definition) is 8. The summed E-state index contributed by atoms with van der Waals surface area (Å²) in [5.41, 5.74) is 1.43. The van der Waals surface area contributed by atoms with Crippen LogP contribution in [0.25, 0.3) is 6.08 Å². The molecule has 0 aliphatic carbocycles. The molecule has 0 radical (unpaired) electrons. The number of anilines is 1. The first-order valence-electron chi connectivity index (χ1n) is 9.68. The van der Waals surface area contributed by atoms with Crippen molar-refractivity contribution in [1.82, 2.24) is 4.98 Å². The van der Waals surface area contributed by atoms with Crippen LogP contribution in [0.3, 0.4) is 0 Å². The van der Waals surface area contributed by atoms with Gasteiger partial charge in [-0.15, -0.1) is 12.8 Å². The predicted molar refractivity (Wildman–Crippen MR) is 128 cm³/mol. The van der Waals surface area contributed by atoms with Gasteiger partial charge in [0.05, 0.1) is 52.8 Å². The van der Waals surface area contributed by atoms with Crippen molar-refractivity contribution < 1.29 is 27.4 Å². The van der Waals surface area contributed by atoms with Crippen LogP contribution in [0.1, 0.15) is 11.1 Å². The van der Waals surface area contributed by atoms with Crippen LogP contribution in [-0.2, 0) is 15.6 Å². The van der Waals surface area contributed by atoms with Gasteiger partial charge in [0.1, 0.15) is 22.9 Å². The summed E-state index contributed by atoms with van der Waals surface area (Å²) in [6.07, 6.45) is 13.7. The number of ether oxygens (including phenoxy) is 4. The quantitative estimate of drug-likeness (QED) is 0.464. The Morgan fingerprint density at radius 2 is 1.58 bits per heavy atom. The summed E-state index contributed by atoms with van der Waals surface area (Å²) < 4.78 is 46.9. The summed E-state index contributed by atoms with van der Waals surface area (Å²) in [4.78, 5) is 5.91. The summed E-state index contributed by atoms with van der Waals surface area (Å²) in [7, 11) is 2.24. The molecule has 0 amide bonds. The van der Waals surface area contributed by atoms with Crippen molar-refractivity contribution in [3.63, 3.8) is 0 Å². The van der Waals surface area contributed by atoms with Crippen LogP contribution in [0.4, 0.5) is 5.69 Å². The van der Waals surface area contributed by atoms with Gasteiger partial charge in [0, 0.05) is 23.7 Å². The van der Waals surface area contributed by atoms with E-state index in [9.17, 15) is 8.42 Å². The van der Waals surface area contributed by atoms with Crippen molar-refractivity contribution in [1.29, 1.82) is 0 Å². The SMILES string of the molecule is C#CCN(CC#C)c1cc(CS(=O)(=O)C=Cc2c(OC)cc(OC)cc2OC)cnc1OC. The zero-order valence-electron chi connectivity index (χ0n) is 19.0. The smallest absolute Gasteiger partial charge is 0.237 e. The van der Waals surface area contributed by atoms with Gasteiger partial charge in [-0.3, -0.25) is 0 Å². The summed E-state index contributed by atoms with van der Waals surface area (Å²) in [6, 6.07) is 4.93. The summed E-state index contributed by atoms with van der Waals surface area (Å²) in [5.74, 6) is 6.38. The molecule has 2 rings (SSSR count). The molecule has 0 aliphatic heterocycles. The Morgan fingerprint density at radius 1 is 0.970 bits per heavy atom. The van der Waals surface area contributed by atoms with Gasteiger partial charge in [0.25, 0.3) is 0 Å². The Labute approximate surface area is 195 Å². The number of terminal acetylenes is 2. The lowest BCUT2D eigenvalue weighted by Crippen LogP contribution is -2.25. The first kappa shape index (κ1) is 25.4. The second kappa shape index (κ2) is 11.7. The molecule has 1 heterocycles. The van der Waals surface area contributed by atoms with Gasteiger partial charge in [-0.05, 0) is 17.7 Å². The van der Waals surface area contributed by atoms with E-state index in [0.717, 1.165) is 5.41 Å². The molecule has 2 aromatic rings. The van der Waals surface area contributed by atoms with E-state index in [1.807, 2.05) is 0 Å².